The average molecular weight is 593 g/mol. The molecule has 2 amide bonds. The molecule has 38 heavy (non-hydrogen) atoms. The molecule has 0 spiro atoms. The number of rotatable bonds is 4. The third kappa shape index (κ3) is 3.60. The molecular weight excluding hydrogens is 574 g/mol. The van der Waals surface area contributed by atoms with E-state index in [0.717, 1.165) is 14.9 Å². The van der Waals surface area contributed by atoms with Crippen LogP contribution in [0.1, 0.15) is 21.5 Å². The molecule has 10 heteroatoms. The molecule has 0 unspecified atom stereocenters. The molecule has 4 atom stereocenters. The van der Waals surface area contributed by atoms with Gasteiger partial charge in [0.1, 0.15) is 6.04 Å². The first-order valence-electron chi connectivity index (χ1n) is 11.9. The molecule has 0 bridgehead atoms. The van der Waals surface area contributed by atoms with Gasteiger partial charge in [-0.3, -0.25) is 24.5 Å². The first kappa shape index (κ1) is 24.5. The topological polar surface area (TPSA) is 101 Å². The fourth-order valence-electron chi connectivity index (χ4n) is 5.86. The highest BCUT2D eigenvalue weighted by Gasteiger charge is 2.64. The summed E-state index contributed by atoms with van der Waals surface area (Å²) >= 11 is 9.72. The number of amides is 2. The van der Waals surface area contributed by atoms with Crippen molar-refractivity contribution in [1.82, 2.24) is 0 Å². The number of Topliss-reactive ketones (excluding diaryl/α,β-unsaturated/α-hetero) is 1. The van der Waals surface area contributed by atoms with E-state index >= 15 is 0 Å². The van der Waals surface area contributed by atoms with Gasteiger partial charge in [-0.15, -0.1) is 0 Å². The van der Waals surface area contributed by atoms with Gasteiger partial charge in [0.05, 0.1) is 28.5 Å². The molecule has 190 valence electrons. The standard InChI is InChI=1S/C28H19BrClN3O5/c1-14-12-19(33(37)38)9-11-20(14)32-27(35)23-21-10-5-15-4-8-18(30)13-22(15)31(21)25(24(23)28(32)36)26(34)16-2-6-17(29)7-3-16/h2-13,21,23-25H,1H3/t21-,23+,24-,25+/m1/s1. The lowest BCUT2D eigenvalue weighted by molar-refractivity contribution is -0.384. The lowest BCUT2D eigenvalue weighted by Crippen LogP contribution is -2.49. The Hall–Kier alpha value is -3.82. The Morgan fingerprint density at radius 1 is 0.974 bits per heavy atom. The van der Waals surface area contributed by atoms with Crippen molar-refractivity contribution >= 4 is 68.3 Å². The number of imide groups is 1. The normalized spacial score (nSPS) is 23.3. The number of nitro benzene ring substituents is 1. The number of nitro groups is 1. The number of ketones is 1. The molecule has 3 aliphatic heterocycles. The Morgan fingerprint density at radius 2 is 1.68 bits per heavy atom. The number of benzene rings is 3. The summed E-state index contributed by atoms with van der Waals surface area (Å²) in [6.45, 7) is 1.62. The minimum Gasteiger partial charge on any atom is -0.352 e. The number of anilines is 2. The number of non-ortho nitro benzene ring substituents is 1. The number of aryl methyl sites for hydroxylation is 1. The summed E-state index contributed by atoms with van der Waals surface area (Å²) in [5, 5.41) is 11.7. The predicted octanol–water partition coefficient (Wildman–Crippen LogP) is 5.59. The molecule has 3 aromatic rings. The Labute approximate surface area is 230 Å². The number of hydrogen-bond acceptors (Lipinski definition) is 6. The molecule has 2 saturated heterocycles. The summed E-state index contributed by atoms with van der Waals surface area (Å²) < 4.78 is 0.807. The average Bonchev–Trinajstić information content (AvgIpc) is 3.37. The van der Waals surface area contributed by atoms with E-state index in [0.29, 0.717) is 21.8 Å². The second-order valence-electron chi connectivity index (χ2n) is 9.57. The van der Waals surface area contributed by atoms with Gasteiger partial charge in [-0.1, -0.05) is 57.9 Å². The minimum atomic E-state index is -0.951. The summed E-state index contributed by atoms with van der Waals surface area (Å²) in [6.07, 6.45) is 3.74. The van der Waals surface area contributed by atoms with Crippen LogP contribution in [0.25, 0.3) is 6.08 Å². The molecule has 2 fully saturated rings. The zero-order valence-electron chi connectivity index (χ0n) is 19.9. The Bertz CT molecular complexity index is 1590. The van der Waals surface area contributed by atoms with Crippen LogP contribution in [-0.2, 0) is 9.59 Å². The Balaban J connectivity index is 1.49. The first-order chi connectivity index (χ1) is 18.2. The van der Waals surface area contributed by atoms with E-state index in [2.05, 4.69) is 15.9 Å². The summed E-state index contributed by atoms with van der Waals surface area (Å²) in [6, 6.07) is 14.8. The zero-order valence-corrected chi connectivity index (χ0v) is 22.2. The zero-order chi connectivity index (χ0) is 26.9. The van der Waals surface area contributed by atoms with Crippen molar-refractivity contribution in [3.05, 3.63) is 103 Å². The number of fused-ring (bicyclic) bond motifs is 5. The largest absolute Gasteiger partial charge is 0.352 e. The van der Waals surface area contributed by atoms with Crippen molar-refractivity contribution in [2.24, 2.45) is 11.8 Å². The van der Waals surface area contributed by atoms with Crippen molar-refractivity contribution < 1.29 is 19.3 Å². The first-order valence-corrected chi connectivity index (χ1v) is 13.0. The number of carbonyl (C=O) groups excluding carboxylic acids is 3. The number of nitrogens with zero attached hydrogens (tertiary/aromatic N) is 3. The lowest BCUT2D eigenvalue weighted by atomic mass is 9.86. The molecule has 3 aromatic carbocycles. The fraction of sp³-hybridized carbons (Fsp3) is 0.179. The molecule has 0 N–H and O–H groups in total. The van der Waals surface area contributed by atoms with Gasteiger partial charge >= 0.3 is 0 Å². The SMILES string of the molecule is Cc1cc([N+](=O)[O-])ccc1N1C(=O)[C@@H]2[C@@H](C1=O)[C@@H](C(=O)c1ccc(Br)cc1)N1c3cc(Cl)ccc3C=C[C@H]21. The quantitative estimate of drug-likeness (QED) is 0.169. The summed E-state index contributed by atoms with van der Waals surface area (Å²) in [4.78, 5) is 55.7. The van der Waals surface area contributed by atoms with E-state index in [1.165, 1.54) is 18.2 Å². The van der Waals surface area contributed by atoms with Crippen LogP contribution in [0.5, 0.6) is 0 Å². The van der Waals surface area contributed by atoms with Gasteiger partial charge in [-0.2, -0.15) is 0 Å². The van der Waals surface area contributed by atoms with Crippen molar-refractivity contribution in [2.45, 2.75) is 19.0 Å². The number of carbonyl (C=O) groups is 3. The van der Waals surface area contributed by atoms with E-state index < -0.39 is 40.7 Å². The van der Waals surface area contributed by atoms with Crippen LogP contribution in [0.15, 0.2) is 71.2 Å². The number of hydrogen-bond donors (Lipinski definition) is 0. The molecule has 6 rings (SSSR count). The van der Waals surface area contributed by atoms with Crippen LogP contribution >= 0.6 is 27.5 Å². The van der Waals surface area contributed by atoms with Gasteiger partial charge in [0.15, 0.2) is 5.78 Å². The molecule has 3 aliphatic rings. The number of halogens is 2. The molecule has 0 radical (unpaired) electrons. The van der Waals surface area contributed by atoms with Crippen molar-refractivity contribution in [3.8, 4) is 0 Å². The van der Waals surface area contributed by atoms with Crippen LogP contribution < -0.4 is 9.80 Å². The predicted molar refractivity (Wildman–Crippen MR) is 146 cm³/mol. The highest BCUT2D eigenvalue weighted by molar-refractivity contribution is 9.10. The maximum atomic E-state index is 14.1. The monoisotopic (exact) mass is 591 g/mol. The van der Waals surface area contributed by atoms with Gasteiger partial charge < -0.3 is 4.90 Å². The van der Waals surface area contributed by atoms with E-state index in [1.54, 1.807) is 43.3 Å². The molecule has 8 nitrogen and oxygen atoms in total. The molecule has 0 aliphatic carbocycles. The van der Waals surface area contributed by atoms with E-state index in [1.807, 2.05) is 23.1 Å². The van der Waals surface area contributed by atoms with Gasteiger partial charge in [0.2, 0.25) is 11.8 Å². The second-order valence-corrected chi connectivity index (χ2v) is 10.9. The van der Waals surface area contributed by atoms with Gasteiger partial charge in [-0.05, 0) is 48.4 Å². The summed E-state index contributed by atoms with van der Waals surface area (Å²) in [5.41, 5.74) is 2.51. The van der Waals surface area contributed by atoms with Crippen LogP contribution in [0.3, 0.4) is 0 Å². The van der Waals surface area contributed by atoms with Gasteiger partial charge in [0, 0.05) is 32.9 Å². The van der Waals surface area contributed by atoms with Crippen LogP contribution in [0.2, 0.25) is 5.02 Å². The third-order valence-corrected chi connectivity index (χ3v) is 8.26. The van der Waals surface area contributed by atoms with Gasteiger partial charge in [-0.25, -0.2) is 4.90 Å². The summed E-state index contributed by atoms with van der Waals surface area (Å²) in [7, 11) is 0. The third-order valence-electron chi connectivity index (χ3n) is 7.50. The highest BCUT2D eigenvalue weighted by atomic mass is 79.9. The Morgan fingerprint density at radius 3 is 2.37 bits per heavy atom. The van der Waals surface area contributed by atoms with Gasteiger partial charge in [0.25, 0.3) is 5.69 Å². The molecule has 0 saturated carbocycles. The van der Waals surface area contributed by atoms with Crippen LogP contribution in [0, 0.1) is 28.9 Å². The van der Waals surface area contributed by atoms with Crippen LogP contribution in [-0.4, -0.2) is 34.6 Å². The molecule has 3 heterocycles. The Kier molecular flexibility index (Phi) is 5.73. The molecule has 0 aromatic heterocycles. The van der Waals surface area contributed by atoms with Crippen molar-refractivity contribution in [3.63, 3.8) is 0 Å². The summed E-state index contributed by atoms with van der Waals surface area (Å²) in [5.74, 6) is -2.98. The lowest BCUT2D eigenvalue weighted by Gasteiger charge is -2.36. The van der Waals surface area contributed by atoms with E-state index in [9.17, 15) is 24.5 Å². The minimum absolute atomic E-state index is 0.135. The maximum absolute atomic E-state index is 14.1. The van der Waals surface area contributed by atoms with E-state index in [-0.39, 0.29) is 17.2 Å². The fourth-order valence-corrected chi connectivity index (χ4v) is 6.29. The molecular formula is C28H19BrClN3O5. The maximum Gasteiger partial charge on any atom is 0.269 e. The van der Waals surface area contributed by atoms with Crippen molar-refractivity contribution in [2.75, 3.05) is 9.80 Å². The highest BCUT2D eigenvalue weighted by Crippen LogP contribution is 2.50. The van der Waals surface area contributed by atoms with E-state index in [4.69, 9.17) is 11.6 Å². The smallest absolute Gasteiger partial charge is 0.269 e. The van der Waals surface area contributed by atoms with Crippen molar-refractivity contribution in [1.29, 1.82) is 0 Å². The van der Waals surface area contributed by atoms with Crippen LogP contribution in [0.4, 0.5) is 17.1 Å². The second kappa shape index (κ2) is 8.89.